The first-order valence-corrected chi connectivity index (χ1v) is 7.23. The fourth-order valence-corrected chi connectivity index (χ4v) is 3.29. The monoisotopic (exact) mass is 300 g/mol. The van der Waals surface area contributed by atoms with E-state index in [0.717, 1.165) is 31.7 Å². The summed E-state index contributed by atoms with van der Waals surface area (Å²) >= 11 is 0. The molecule has 0 unspecified atom stereocenters. The molecule has 0 atom stereocenters. The zero-order valence-electron chi connectivity index (χ0n) is 12.2. The van der Waals surface area contributed by atoms with Gasteiger partial charge in [0, 0.05) is 24.1 Å². The van der Waals surface area contributed by atoms with Crippen molar-refractivity contribution in [1.29, 1.82) is 0 Å². The number of rotatable bonds is 3. The summed E-state index contributed by atoms with van der Waals surface area (Å²) < 4.78 is 7.07. The third kappa shape index (κ3) is 2.00. The predicted octanol–water partition coefficient (Wildman–Crippen LogP) is 1.47. The molecule has 4 rings (SSSR count). The first-order chi connectivity index (χ1) is 10.6. The Bertz CT molecular complexity index is 743. The van der Waals surface area contributed by atoms with Crippen LogP contribution in [0.15, 0.2) is 18.6 Å². The highest BCUT2D eigenvalue weighted by Gasteiger charge is 2.50. The maximum Gasteiger partial charge on any atom is 0.354 e. The van der Waals surface area contributed by atoms with Crippen molar-refractivity contribution >= 4 is 5.97 Å². The van der Waals surface area contributed by atoms with E-state index in [9.17, 15) is 9.90 Å². The van der Waals surface area contributed by atoms with Gasteiger partial charge >= 0.3 is 5.97 Å². The summed E-state index contributed by atoms with van der Waals surface area (Å²) in [6.45, 7) is 1.63. The van der Waals surface area contributed by atoms with Gasteiger partial charge in [-0.2, -0.15) is 0 Å². The summed E-state index contributed by atoms with van der Waals surface area (Å²) in [5.74, 6) is -0.328. The van der Waals surface area contributed by atoms with E-state index in [1.54, 1.807) is 23.2 Å². The Hall–Kier alpha value is -2.28. The van der Waals surface area contributed by atoms with Crippen LogP contribution in [0.2, 0.25) is 0 Å². The molecule has 1 saturated heterocycles. The SMILES string of the molecule is Cn1cncc1-c1nc(C(=O)O)cc(C2CC3(COC3)C2)n1. The van der Waals surface area contributed by atoms with Crippen molar-refractivity contribution in [3.8, 4) is 11.5 Å². The van der Waals surface area contributed by atoms with Crippen LogP contribution < -0.4 is 0 Å². The minimum absolute atomic E-state index is 0.0343. The Morgan fingerprint density at radius 1 is 1.41 bits per heavy atom. The lowest BCUT2D eigenvalue weighted by atomic mass is 9.60. The minimum atomic E-state index is -1.03. The average molecular weight is 300 g/mol. The van der Waals surface area contributed by atoms with Gasteiger partial charge < -0.3 is 14.4 Å². The summed E-state index contributed by atoms with van der Waals surface area (Å²) in [6.07, 6.45) is 5.31. The van der Waals surface area contributed by atoms with Gasteiger partial charge in [-0.05, 0) is 18.9 Å². The van der Waals surface area contributed by atoms with Gasteiger partial charge in [-0.3, -0.25) is 0 Å². The van der Waals surface area contributed by atoms with Crippen LogP contribution in [0, 0.1) is 5.41 Å². The number of carboxylic acid groups (broad SMARTS) is 1. The number of ether oxygens (including phenoxy) is 1. The maximum atomic E-state index is 11.4. The van der Waals surface area contributed by atoms with Crippen molar-refractivity contribution in [2.45, 2.75) is 18.8 Å². The van der Waals surface area contributed by atoms with Crippen LogP contribution in [0.3, 0.4) is 0 Å². The molecule has 2 fully saturated rings. The van der Waals surface area contributed by atoms with Crippen molar-refractivity contribution in [2.75, 3.05) is 13.2 Å². The lowest BCUT2D eigenvalue weighted by Crippen LogP contribution is -2.51. The van der Waals surface area contributed by atoms with E-state index in [4.69, 9.17) is 4.74 Å². The molecule has 1 aliphatic carbocycles. The van der Waals surface area contributed by atoms with Crippen molar-refractivity contribution in [3.63, 3.8) is 0 Å². The molecule has 0 radical (unpaired) electrons. The van der Waals surface area contributed by atoms with Crippen LogP contribution in [-0.4, -0.2) is 43.8 Å². The van der Waals surface area contributed by atoms with Crippen molar-refractivity contribution < 1.29 is 14.6 Å². The average Bonchev–Trinajstić information content (AvgIpc) is 2.81. The third-order valence-corrected chi connectivity index (χ3v) is 4.60. The summed E-state index contributed by atoms with van der Waals surface area (Å²) in [7, 11) is 1.84. The Labute approximate surface area is 127 Å². The van der Waals surface area contributed by atoms with Gasteiger partial charge in [0.25, 0.3) is 0 Å². The third-order valence-electron chi connectivity index (χ3n) is 4.60. The number of hydrogen-bond acceptors (Lipinski definition) is 5. The predicted molar refractivity (Wildman–Crippen MR) is 76.4 cm³/mol. The Balaban J connectivity index is 1.70. The largest absolute Gasteiger partial charge is 0.477 e. The zero-order valence-corrected chi connectivity index (χ0v) is 12.2. The fraction of sp³-hybridized carbons (Fsp3) is 0.467. The molecule has 7 heteroatoms. The number of nitrogens with zero attached hydrogens (tertiary/aromatic N) is 4. The first kappa shape index (κ1) is 13.4. The summed E-state index contributed by atoms with van der Waals surface area (Å²) in [5, 5.41) is 9.30. The summed E-state index contributed by atoms with van der Waals surface area (Å²) in [4.78, 5) is 24.1. The summed E-state index contributed by atoms with van der Waals surface area (Å²) in [5.41, 5.74) is 1.87. The molecule has 1 saturated carbocycles. The molecule has 1 N–H and O–H groups in total. The Morgan fingerprint density at radius 3 is 2.73 bits per heavy atom. The van der Waals surface area contributed by atoms with Gasteiger partial charge in [0.1, 0.15) is 5.69 Å². The van der Waals surface area contributed by atoms with Gasteiger partial charge in [-0.15, -0.1) is 0 Å². The van der Waals surface area contributed by atoms with Crippen LogP contribution >= 0.6 is 0 Å². The van der Waals surface area contributed by atoms with Gasteiger partial charge in [-0.1, -0.05) is 0 Å². The van der Waals surface area contributed by atoms with Crippen molar-refractivity contribution in [3.05, 3.63) is 30.0 Å². The van der Waals surface area contributed by atoms with Gasteiger partial charge in [0.05, 0.1) is 25.7 Å². The number of imidazole rings is 1. The number of carboxylic acids is 1. The maximum absolute atomic E-state index is 11.4. The van der Waals surface area contributed by atoms with E-state index >= 15 is 0 Å². The number of hydrogen-bond donors (Lipinski definition) is 1. The lowest BCUT2D eigenvalue weighted by Gasteiger charge is -2.53. The molecule has 2 aromatic heterocycles. The topological polar surface area (TPSA) is 90.1 Å². The van der Waals surface area contributed by atoms with E-state index in [1.807, 2.05) is 7.05 Å². The summed E-state index contributed by atoms with van der Waals surface area (Å²) in [6, 6.07) is 1.60. The van der Waals surface area contributed by atoms with Gasteiger partial charge in [0.2, 0.25) is 0 Å². The molecule has 22 heavy (non-hydrogen) atoms. The van der Waals surface area contributed by atoms with Crippen LogP contribution in [0.4, 0.5) is 0 Å². The van der Waals surface area contributed by atoms with Crippen molar-refractivity contribution in [1.82, 2.24) is 19.5 Å². The molecule has 1 spiro atoms. The molecule has 0 aromatic carbocycles. The number of aryl methyl sites for hydroxylation is 1. The second kappa shape index (κ2) is 4.61. The lowest BCUT2D eigenvalue weighted by molar-refractivity contribution is -0.164. The second-order valence-corrected chi connectivity index (χ2v) is 6.29. The molecule has 0 amide bonds. The molecular weight excluding hydrogens is 284 g/mol. The molecule has 7 nitrogen and oxygen atoms in total. The second-order valence-electron chi connectivity index (χ2n) is 6.29. The van der Waals surface area contributed by atoms with Crippen LogP contribution in [0.25, 0.3) is 11.5 Å². The minimum Gasteiger partial charge on any atom is -0.477 e. The van der Waals surface area contributed by atoms with E-state index in [2.05, 4.69) is 15.0 Å². The zero-order chi connectivity index (χ0) is 15.3. The van der Waals surface area contributed by atoms with Crippen molar-refractivity contribution in [2.24, 2.45) is 12.5 Å². The molecule has 0 bridgehead atoms. The highest BCUT2D eigenvalue weighted by atomic mass is 16.5. The van der Waals surface area contributed by atoms with E-state index < -0.39 is 5.97 Å². The van der Waals surface area contributed by atoms with Crippen LogP contribution in [0.5, 0.6) is 0 Å². The number of aromatic nitrogens is 4. The van der Waals surface area contributed by atoms with Crippen LogP contribution in [-0.2, 0) is 11.8 Å². The number of carbonyl (C=O) groups is 1. The highest BCUT2D eigenvalue weighted by molar-refractivity contribution is 5.86. The van der Waals surface area contributed by atoms with Crippen LogP contribution in [0.1, 0.15) is 34.9 Å². The molecule has 114 valence electrons. The normalized spacial score (nSPS) is 19.7. The smallest absolute Gasteiger partial charge is 0.354 e. The fourth-order valence-electron chi connectivity index (χ4n) is 3.29. The molecule has 2 aliphatic rings. The number of aromatic carboxylic acids is 1. The highest BCUT2D eigenvalue weighted by Crippen LogP contribution is 2.54. The standard InChI is InChI=1S/C15H16N4O3/c1-19-8-16-5-12(19)13-17-10(2-11(18-13)14(20)21)9-3-15(4-9)6-22-7-15/h2,5,8-9H,3-4,6-7H2,1H3,(H,20,21). The van der Waals surface area contributed by atoms with E-state index in [-0.39, 0.29) is 11.6 Å². The van der Waals surface area contributed by atoms with E-state index in [0.29, 0.717) is 16.9 Å². The Morgan fingerprint density at radius 2 is 2.18 bits per heavy atom. The first-order valence-electron chi connectivity index (χ1n) is 7.23. The van der Waals surface area contributed by atoms with E-state index in [1.165, 1.54) is 0 Å². The molecule has 3 heterocycles. The van der Waals surface area contributed by atoms with Gasteiger partial charge in [0.15, 0.2) is 11.5 Å². The quantitative estimate of drug-likeness (QED) is 0.923. The van der Waals surface area contributed by atoms with Gasteiger partial charge in [-0.25, -0.2) is 19.7 Å². The Kier molecular flexibility index (Phi) is 2.80. The molecular formula is C15H16N4O3. The molecule has 1 aliphatic heterocycles. The molecule has 2 aromatic rings.